The van der Waals surface area contributed by atoms with Gasteiger partial charge in [0.2, 0.25) is 5.13 Å². The molecule has 0 aliphatic carbocycles. The molecule has 2 amide bonds. The summed E-state index contributed by atoms with van der Waals surface area (Å²) in [4.78, 5) is 12.0. The summed E-state index contributed by atoms with van der Waals surface area (Å²) in [6, 6.07) is 13.2. The molecule has 2 N–H and O–H groups in total. The first-order valence-electron chi connectivity index (χ1n) is 8.17. The van der Waals surface area contributed by atoms with E-state index in [0.717, 1.165) is 22.6 Å². The van der Waals surface area contributed by atoms with Crippen LogP contribution in [0.4, 0.5) is 15.6 Å². The van der Waals surface area contributed by atoms with Crippen molar-refractivity contribution in [3.8, 4) is 5.75 Å². The van der Waals surface area contributed by atoms with Crippen molar-refractivity contribution in [2.24, 2.45) is 0 Å². The molecule has 1 aromatic heterocycles. The van der Waals surface area contributed by atoms with Crippen LogP contribution in [0.15, 0.2) is 42.5 Å². The van der Waals surface area contributed by atoms with Gasteiger partial charge in [0.1, 0.15) is 12.4 Å². The van der Waals surface area contributed by atoms with Crippen molar-refractivity contribution in [3.05, 3.63) is 64.2 Å². The van der Waals surface area contributed by atoms with Gasteiger partial charge in [-0.3, -0.25) is 5.32 Å². The molecule has 134 valence electrons. The highest BCUT2D eigenvalue weighted by Gasteiger charge is 2.09. The molecule has 3 aromatic rings. The number of rotatable bonds is 5. The fourth-order valence-electron chi connectivity index (χ4n) is 2.36. The third-order valence-corrected chi connectivity index (χ3v) is 4.49. The van der Waals surface area contributed by atoms with E-state index in [1.807, 2.05) is 57.2 Å². The Morgan fingerprint density at radius 3 is 2.46 bits per heavy atom. The molecular formula is C19H20N4O2S. The maximum absolute atomic E-state index is 12.0. The van der Waals surface area contributed by atoms with Gasteiger partial charge in [-0.1, -0.05) is 46.7 Å². The fraction of sp³-hybridized carbons (Fsp3) is 0.211. The van der Waals surface area contributed by atoms with Crippen LogP contribution in [0.2, 0.25) is 0 Å². The van der Waals surface area contributed by atoms with E-state index in [-0.39, 0.29) is 6.03 Å². The summed E-state index contributed by atoms with van der Waals surface area (Å²) in [6.07, 6.45) is 0. The lowest BCUT2D eigenvalue weighted by atomic mass is 10.1. The zero-order chi connectivity index (χ0) is 18.5. The van der Waals surface area contributed by atoms with Crippen LogP contribution in [0.5, 0.6) is 5.75 Å². The summed E-state index contributed by atoms with van der Waals surface area (Å²) >= 11 is 1.28. The van der Waals surface area contributed by atoms with Gasteiger partial charge in [-0.25, -0.2) is 4.79 Å². The molecule has 7 heteroatoms. The molecule has 0 atom stereocenters. The van der Waals surface area contributed by atoms with E-state index in [4.69, 9.17) is 4.74 Å². The van der Waals surface area contributed by atoms with Crippen molar-refractivity contribution in [2.45, 2.75) is 27.4 Å². The number of ether oxygens (including phenoxy) is 1. The highest BCUT2D eigenvalue weighted by Crippen LogP contribution is 2.22. The van der Waals surface area contributed by atoms with Crippen LogP contribution in [0.25, 0.3) is 0 Å². The molecular weight excluding hydrogens is 348 g/mol. The highest BCUT2D eigenvalue weighted by atomic mass is 32.1. The van der Waals surface area contributed by atoms with Crippen LogP contribution < -0.4 is 15.4 Å². The Morgan fingerprint density at radius 2 is 1.73 bits per heavy atom. The number of benzene rings is 2. The first kappa shape index (κ1) is 17.9. The number of aromatic nitrogens is 2. The van der Waals surface area contributed by atoms with Crippen molar-refractivity contribution < 1.29 is 9.53 Å². The summed E-state index contributed by atoms with van der Waals surface area (Å²) in [6.45, 7) is 6.35. The topological polar surface area (TPSA) is 76.1 Å². The number of hydrogen-bond donors (Lipinski definition) is 2. The Kier molecular flexibility index (Phi) is 5.48. The van der Waals surface area contributed by atoms with Crippen LogP contribution in [0.3, 0.4) is 0 Å². The van der Waals surface area contributed by atoms with E-state index in [1.54, 1.807) is 0 Å². The Hall–Kier alpha value is -2.93. The number of nitrogens with one attached hydrogen (secondary N) is 2. The van der Waals surface area contributed by atoms with Gasteiger partial charge in [0.25, 0.3) is 0 Å². The third kappa shape index (κ3) is 4.80. The summed E-state index contributed by atoms with van der Waals surface area (Å²) in [5.41, 5.74) is 4.12. The second-order valence-corrected chi connectivity index (χ2v) is 7.07. The molecule has 0 saturated heterocycles. The number of carbonyl (C=O) groups is 1. The second kappa shape index (κ2) is 7.97. The minimum atomic E-state index is -0.355. The number of carbonyl (C=O) groups excluding carboxylic acids is 1. The van der Waals surface area contributed by atoms with Gasteiger partial charge in [-0.05, 0) is 44.5 Å². The molecule has 3 rings (SSSR count). The zero-order valence-electron chi connectivity index (χ0n) is 14.9. The molecule has 0 aliphatic rings. The van der Waals surface area contributed by atoms with Crippen molar-refractivity contribution >= 4 is 28.2 Å². The monoisotopic (exact) mass is 368 g/mol. The van der Waals surface area contributed by atoms with Gasteiger partial charge < -0.3 is 10.1 Å². The summed E-state index contributed by atoms with van der Waals surface area (Å²) in [5.74, 6) is 0.817. The number of urea groups is 1. The van der Waals surface area contributed by atoms with Gasteiger partial charge in [0.15, 0.2) is 5.01 Å². The van der Waals surface area contributed by atoms with E-state index < -0.39 is 0 Å². The maximum Gasteiger partial charge on any atom is 0.325 e. The average molecular weight is 368 g/mol. The first-order chi connectivity index (χ1) is 12.5. The molecule has 0 radical (unpaired) electrons. The molecule has 0 saturated carbocycles. The lowest BCUT2D eigenvalue weighted by Crippen LogP contribution is -2.19. The SMILES string of the molecule is Cc1ccc(NC(=O)Nc2nnc(COc3ccc(C)cc3C)s2)cc1. The standard InChI is InChI=1S/C19H20N4O2S/c1-12-4-7-15(8-5-12)20-18(24)21-19-23-22-17(26-19)11-25-16-9-6-13(2)10-14(16)3/h4-10H,11H2,1-3H3,(H2,20,21,23,24). The molecule has 26 heavy (non-hydrogen) atoms. The molecule has 0 unspecified atom stereocenters. The van der Waals surface area contributed by atoms with E-state index in [9.17, 15) is 4.79 Å². The molecule has 2 aromatic carbocycles. The van der Waals surface area contributed by atoms with Gasteiger partial charge in [-0.15, -0.1) is 10.2 Å². The number of anilines is 2. The lowest BCUT2D eigenvalue weighted by Gasteiger charge is -2.07. The summed E-state index contributed by atoms with van der Waals surface area (Å²) in [5, 5.41) is 14.6. The van der Waals surface area contributed by atoms with Crippen LogP contribution in [-0.4, -0.2) is 16.2 Å². The molecule has 0 fully saturated rings. The molecule has 1 heterocycles. The Balaban J connectivity index is 1.54. The van der Waals surface area contributed by atoms with Gasteiger partial charge in [0.05, 0.1) is 0 Å². The van der Waals surface area contributed by atoms with E-state index in [2.05, 4.69) is 26.9 Å². The van der Waals surface area contributed by atoms with Crippen molar-refractivity contribution in [1.82, 2.24) is 10.2 Å². The van der Waals surface area contributed by atoms with Gasteiger partial charge in [-0.2, -0.15) is 0 Å². The van der Waals surface area contributed by atoms with Crippen molar-refractivity contribution in [2.75, 3.05) is 10.6 Å². The lowest BCUT2D eigenvalue weighted by molar-refractivity contribution is 0.262. The normalized spacial score (nSPS) is 10.4. The number of amides is 2. The van der Waals surface area contributed by atoms with Crippen LogP contribution in [0, 0.1) is 20.8 Å². The van der Waals surface area contributed by atoms with Gasteiger partial charge >= 0.3 is 6.03 Å². The summed E-state index contributed by atoms with van der Waals surface area (Å²) < 4.78 is 5.78. The molecule has 6 nitrogen and oxygen atoms in total. The molecule has 0 aliphatic heterocycles. The van der Waals surface area contributed by atoms with E-state index in [0.29, 0.717) is 16.7 Å². The first-order valence-corrected chi connectivity index (χ1v) is 8.98. The third-order valence-electron chi connectivity index (χ3n) is 3.68. The van der Waals surface area contributed by atoms with Crippen molar-refractivity contribution in [1.29, 1.82) is 0 Å². The minimum Gasteiger partial charge on any atom is -0.486 e. The largest absolute Gasteiger partial charge is 0.486 e. The zero-order valence-corrected chi connectivity index (χ0v) is 15.7. The predicted octanol–water partition coefficient (Wildman–Crippen LogP) is 4.69. The smallest absolute Gasteiger partial charge is 0.325 e. The quantitative estimate of drug-likeness (QED) is 0.685. The Morgan fingerprint density at radius 1 is 1.00 bits per heavy atom. The average Bonchev–Trinajstić information content (AvgIpc) is 3.03. The Labute approximate surface area is 156 Å². The summed E-state index contributed by atoms with van der Waals surface area (Å²) in [7, 11) is 0. The number of aryl methyl sites for hydroxylation is 3. The fourth-order valence-corrected chi connectivity index (χ4v) is 3.01. The Bertz CT molecular complexity index is 906. The van der Waals surface area contributed by atoms with E-state index in [1.165, 1.54) is 16.9 Å². The minimum absolute atomic E-state index is 0.308. The van der Waals surface area contributed by atoms with Crippen LogP contribution in [0.1, 0.15) is 21.7 Å². The maximum atomic E-state index is 12.0. The molecule has 0 bridgehead atoms. The highest BCUT2D eigenvalue weighted by molar-refractivity contribution is 7.15. The van der Waals surface area contributed by atoms with Gasteiger partial charge in [0, 0.05) is 5.69 Å². The predicted molar refractivity (Wildman–Crippen MR) is 104 cm³/mol. The second-order valence-electron chi connectivity index (χ2n) is 6.00. The van der Waals surface area contributed by atoms with Crippen molar-refractivity contribution in [3.63, 3.8) is 0 Å². The molecule has 0 spiro atoms. The number of hydrogen-bond acceptors (Lipinski definition) is 5. The van der Waals surface area contributed by atoms with E-state index >= 15 is 0 Å². The number of nitrogens with zero attached hydrogens (tertiary/aromatic N) is 2. The van der Waals surface area contributed by atoms with Crippen LogP contribution in [-0.2, 0) is 6.61 Å². The van der Waals surface area contributed by atoms with Crippen LogP contribution >= 0.6 is 11.3 Å².